The highest BCUT2D eigenvalue weighted by molar-refractivity contribution is 6.35. The van der Waals surface area contributed by atoms with Crippen LogP contribution in [0.3, 0.4) is 0 Å². The van der Waals surface area contributed by atoms with Crippen molar-refractivity contribution in [3.8, 4) is 0 Å². The molecule has 1 aromatic carbocycles. The molecule has 1 N–H and O–H groups in total. The van der Waals surface area contributed by atoms with Crippen LogP contribution in [0.4, 0.5) is 0 Å². The number of hydrogen-bond donors (Lipinski definition) is 1. The monoisotopic (exact) mass is 340 g/mol. The number of carbonyl (C=O) groups is 1. The van der Waals surface area contributed by atoms with E-state index < -0.39 is 0 Å². The second kappa shape index (κ2) is 6.03. The molecule has 2 atom stereocenters. The Morgan fingerprint density at radius 1 is 1.36 bits per heavy atom. The van der Waals surface area contributed by atoms with Crippen LogP contribution in [0.1, 0.15) is 37.8 Å². The summed E-state index contributed by atoms with van der Waals surface area (Å²) in [5, 5.41) is 4.61. The SMILES string of the molecule is C[C@@H](c1ccc(Cl)cc1Cl)N(C)C(=O)[C@H]1CC12CCNCC2. The first-order valence-corrected chi connectivity index (χ1v) is 8.62. The molecule has 0 aromatic heterocycles. The van der Waals surface area contributed by atoms with Gasteiger partial charge in [0.2, 0.25) is 5.91 Å². The van der Waals surface area contributed by atoms with E-state index in [1.807, 2.05) is 31.0 Å². The molecule has 120 valence electrons. The van der Waals surface area contributed by atoms with Crippen molar-refractivity contribution < 1.29 is 4.79 Å². The van der Waals surface area contributed by atoms with Crippen molar-refractivity contribution in [2.24, 2.45) is 11.3 Å². The molecule has 1 aliphatic carbocycles. The highest BCUT2D eigenvalue weighted by atomic mass is 35.5. The van der Waals surface area contributed by atoms with Gasteiger partial charge in [0.25, 0.3) is 0 Å². The summed E-state index contributed by atoms with van der Waals surface area (Å²) in [7, 11) is 1.88. The fourth-order valence-corrected chi connectivity index (χ4v) is 4.23. The molecule has 1 spiro atoms. The van der Waals surface area contributed by atoms with Gasteiger partial charge in [0, 0.05) is 23.0 Å². The van der Waals surface area contributed by atoms with Crippen LogP contribution in [0.5, 0.6) is 0 Å². The maximum atomic E-state index is 12.8. The first-order chi connectivity index (χ1) is 10.4. The van der Waals surface area contributed by atoms with Crippen molar-refractivity contribution in [2.45, 2.75) is 32.2 Å². The lowest BCUT2D eigenvalue weighted by Crippen LogP contribution is -2.35. The maximum Gasteiger partial charge on any atom is 0.226 e. The minimum Gasteiger partial charge on any atom is -0.339 e. The smallest absolute Gasteiger partial charge is 0.226 e. The Balaban J connectivity index is 1.70. The van der Waals surface area contributed by atoms with E-state index in [0.717, 1.165) is 37.9 Å². The van der Waals surface area contributed by atoms with E-state index in [0.29, 0.717) is 10.0 Å². The van der Waals surface area contributed by atoms with Gasteiger partial charge in [-0.25, -0.2) is 0 Å². The second-order valence-electron chi connectivity index (χ2n) is 6.66. The number of benzene rings is 1. The molecule has 5 heteroatoms. The summed E-state index contributed by atoms with van der Waals surface area (Å²) < 4.78 is 0. The van der Waals surface area contributed by atoms with Crippen LogP contribution in [0.25, 0.3) is 0 Å². The average Bonchev–Trinajstić information content (AvgIpc) is 3.19. The van der Waals surface area contributed by atoms with Crippen LogP contribution in [0.15, 0.2) is 18.2 Å². The summed E-state index contributed by atoms with van der Waals surface area (Å²) >= 11 is 12.2. The summed E-state index contributed by atoms with van der Waals surface area (Å²) in [5.74, 6) is 0.438. The van der Waals surface area contributed by atoms with Gasteiger partial charge >= 0.3 is 0 Å². The number of nitrogens with one attached hydrogen (secondary N) is 1. The summed E-state index contributed by atoms with van der Waals surface area (Å²) in [5.41, 5.74) is 1.21. The normalized spacial score (nSPS) is 24.1. The third kappa shape index (κ3) is 2.86. The van der Waals surface area contributed by atoms with Gasteiger partial charge in [-0.3, -0.25) is 4.79 Å². The number of carbonyl (C=O) groups excluding carboxylic acids is 1. The zero-order valence-electron chi connectivity index (χ0n) is 13.0. The molecule has 2 aliphatic rings. The van der Waals surface area contributed by atoms with Gasteiger partial charge in [0.1, 0.15) is 0 Å². The van der Waals surface area contributed by atoms with Gasteiger partial charge in [0.15, 0.2) is 0 Å². The highest BCUT2D eigenvalue weighted by Gasteiger charge is 2.58. The fraction of sp³-hybridized carbons (Fsp3) is 0.588. The van der Waals surface area contributed by atoms with E-state index >= 15 is 0 Å². The van der Waals surface area contributed by atoms with E-state index in [1.54, 1.807) is 6.07 Å². The average molecular weight is 341 g/mol. The van der Waals surface area contributed by atoms with E-state index in [-0.39, 0.29) is 23.3 Å². The molecule has 2 fully saturated rings. The number of hydrogen-bond acceptors (Lipinski definition) is 2. The Kier molecular flexibility index (Phi) is 4.41. The van der Waals surface area contributed by atoms with Crippen LogP contribution >= 0.6 is 23.2 Å². The lowest BCUT2D eigenvalue weighted by molar-refractivity contribution is -0.134. The Hall–Kier alpha value is -0.770. The largest absolute Gasteiger partial charge is 0.339 e. The van der Waals surface area contributed by atoms with Crippen molar-refractivity contribution in [3.05, 3.63) is 33.8 Å². The minimum absolute atomic E-state index is 0.0448. The third-order valence-corrected chi connectivity index (χ3v) is 5.99. The Morgan fingerprint density at radius 2 is 2.05 bits per heavy atom. The van der Waals surface area contributed by atoms with Crippen molar-refractivity contribution >= 4 is 29.1 Å². The number of amides is 1. The highest BCUT2D eigenvalue weighted by Crippen LogP contribution is 2.59. The van der Waals surface area contributed by atoms with E-state index in [9.17, 15) is 4.79 Å². The van der Waals surface area contributed by atoms with Crippen molar-refractivity contribution in [3.63, 3.8) is 0 Å². The molecular formula is C17H22Cl2N2O. The Labute approximate surface area is 142 Å². The molecule has 0 unspecified atom stereocenters. The van der Waals surface area contributed by atoms with Crippen LogP contribution < -0.4 is 5.32 Å². The quantitative estimate of drug-likeness (QED) is 0.904. The second-order valence-corrected chi connectivity index (χ2v) is 7.50. The van der Waals surface area contributed by atoms with Gasteiger partial charge in [0.05, 0.1) is 6.04 Å². The molecule has 1 saturated carbocycles. The van der Waals surface area contributed by atoms with Crippen molar-refractivity contribution in [2.75, 3.05) is 20.1 Å². The maximum absolute atomic E-state index is 12.8. The van der Waals surface area contributed by atoms with Gasteiger partial charge < -0.3 is 10.2 Å². The van der Waals surface area contributed by atoms with Gasteiger partial charge in [-0.15, -0.1) is 0 Å². The van der Waals surface area contributed by atoms with Crippen LogP contribution in [0.2, 0.25) is 10.0 Å². The molecule has 1 aromatic rings. The fourth-order valence-electron chi connectivity index (χ4n) is 3.66. The summed E-state index contributed by atoms with van der Waals surface area (Å²) in [6.07, 6.45) is 3.28. The van der Waals surface area contributed by atoms with Gasteiger partial charge in [-0.2, -0.15) is 0 Å². The molecule has 22 heavy (non-hydrogen) atoms. The lowest BCUT2D eigenvalue weighted by atomic mass is 9.91. The van der Waals surface area contributed by atoms with Gasteiger partial charge in [-0.1, -0.05) is 29.3 Å². The molecule has 1 heterocycles. The molecule has 0 radical (unpaired) electrons. The van der Waals surface area contributed by atoms with Crippen molar-refractivity contribution in [1.82, 2.24) is 10.2 Å². The Bertz CT molecular complexity index is 584. The zero-order chi connectivity index (χ0) is 15.9. The summed E-state index contributed by atoms with van der Waals surface area (Å²) in [4.78, 5) is 14.7. The third-order valence-electron chi connectivity index (χ3n) is 5.43. The number of piperidine rings is 1. The molecular weight excluding hydrogens is 319 g/mol. The predicted molar refractivity (Wildman–Crippen MR) is 90.3 cm³/mol. The standard InChI is InChI=1S/C17H22Cl2N2O/c1-11(13-4-3-12(18)9-15(13)19)21(2)16(22)14-10-17(14)5-7-20-8-6-17/h3-4,9,11,14,20H,5-8,10H2,1-2H3/t11-,14+/m0/s1. The van der Waals surface area contributed by atoms with E-state index in [4.69, 9.17) is 23.2 Å². The Morgan fingerprint density at radius 3 is 2.68 bits per heavy atom. The predicted octanol–water partition coefficient (Wildman–Crippen LogP) is 3.90. The summed E-state index contributed by atoms with van der Waals surface area (Å²) in [6.45, 7) is 4.09. The van der Waals surface area contributed by atoms with Crippen molar-refractivity contribution in [1.29, 1.82) is 0 Å². The minimum atomic E-state index is -0.0448. The first-order valence-electron chi connectivity index (χ1n) is 7.87. The molecule has 0 bridgehead atoms. The number of rotatable bonds is 3. The number of halogens is 2. The van der Waals surface area contributed by atoms with Crippen LogP contribution in [-0.4, -0.2) is 30.9 Å². The molecule has 1 amide bonds. The lowest BCUT2D eigenvalue weighted by Gasteiger charge is -2.29. The zero-order valence-corrected chi connectivity index (χ0v) is 14.5. The first kappa shape index (κ1) is 16.1. The topological polar surface area (TPSA) is 32.3 Å². The molecule has 3 rings (SSSR count). The molecule has 1 saturated heterocycles. The molecule has 3 nitrogen and oxygen atoms in total. The van der Waals surface area contributed by atoms with Gasteiger partial charge in [-0.05, 0) is 62.4 Å². The van der Waals surface area contributed by atoms with Crippen LogP contribution in [0, 0.1) is 11.3 Å². The van der Waals surface area contributed by atoms with Crippen LogP contribution in [-0.2, 0) is 4.79 Å². The van der Waals surface area contributed by atoms with E-state index in [2.05, 4.69) is 5.32 Å². The molecule has 1 aliphatic heterocycles. The number of nitrogens with zero attached hydrogens (tertiary/aromatic N) is 1. The van der Waals surface area contributed by atoms with E-state index in [1.165, 1.54) is 0 Å². The summed E-state index contributed by atoms with van der Waals surface area (Å²) in [6, 6.07) is 5.42.